The number of methoxy groups -OCH3 is 1. The Morgan fingerprint density at radius 2 is 1.96 bits per heavy atom. The van der Waals surface area contributed by atoms with Crippen LogP contribution in [0.3, 0.4) is 0 Å². The molecular weight excluding hydrogens is 388 g/mol. The van der Waals surface area contributed by atoms with E-state index in [1.165, 1.54) is 32.2 Å². The van der Waals surface area contributed by atoms with Crippen LogP contribution in [0.1, 0.15) is 25.0 Å². The van der Waals surface area contributed by atoms with Crippen molar-refractivity contribution in [1.82, 2.24) is 4.72 Å². The summed E-state index contributed by atoms with van der Waals surface area (Å²) in [6.45, 7) is 5.37. The van der Waals surface area contributed by atoms with Crippen molar-refractivity contribution in [2.75, 3.05) is 12.4 Å². The summed E-state index contributed by atoms with van der Waals surface area (Å²) in [5, 5.41) is 2.99. The minimum absolute atomic E-state index is 0.0434. The molecule has 0 aliphatic carbocycles. The SMILES string of the molecule is CCc1cccc(C)c1NC(=O)[C@@H](C)NS(=O)(=O)c1ccc(OC)c(Cl)c1. The number of nitrogens with one attached hydrogen (secondary N) is 2. The molecule has 0 spiro atoms. The fourth-order valence-corrected chi connectivity index (χ4v) is 4.15. The second-order valence-corrected chi connectivity index (χ2v) is 8.21. The van der Waals surface area contributed by atoms with Gasteiger partial charge in [-0.3, -0.25) is 4.79 Å². The van der Waals surface area contributed by atoms with Crippen LogP contribution in [-0.2, 0) is 21.2 Å². The van der Waals surface area contributed by atoms with Crippen molar-refractivity contribution in [2.24, 2.45) is 0 Å². The lowest BCUT2D eigenvalue weighted by Gasteiger charge is -2.18. The third kappa shape index (κ3) is 5.00. The number of benzene rings is 2. The quantitative estimate of drug-likeness (QED) is 0.731. The van der Waals surface area contributed by atoms with Crippen molar-refractivity contribution in [1.29, 1.82) is 0 Å². The average Bonchev–Trinajstić information content (AvgIpc) is 2.62. The van der Waals surface area contributed by atoms with Crippen molar-refractivity contribution < 1.29 is 17.9 Å². The van der Waals surface area contributed by atoms with Crippen LogP contribution in [-0.4, -0.2) is 27.5 Å². The molecule has 2 N–H and O–H groups in total. The van der Waals surface area contributed by atoms with Gasteiger partial charge in [-0.25, -0.2) is 8.42 Å². The number of carbonyl (C=O) groups excluding carboxylic acids is 1. The Kier molecular flexibility index (Phi) is 6.86. The fraction of sp³-hybridized carbons (Fsp3) is 0.316. The number of carbonyl (C=O) groups is 1. The number of aryl methyl sites for hydroxylation is 2. The molecule has 1 atom stereocenters. The summed E-state index contributed by atoms with van der Waals surface area (Å²) < 4.78 is 32.5. The maximum Gasteiger partial charge on any atom is 0.242 e. The monoisotopic (exact) mass is 410 g/mol. The number of ether oxygens (including phenoxy) is 1. The minimum atomic E-state index is -3.92. The summed E-state index contributed by atoms with van der Waals surface area (Å²) in [4.78, 5) is 12.5. The molecule has 8 heteroatoms. The van der Waals surface area contributed by atoms with E-state index < -0.39 is 22.0 Å². The van der Waals surface area contributed by atoms with Crippen LogP contribution >= 0.6 is 11.6 Å². The zero-order chi connectivity index (χ0) is 20.2. The largest absolute Gasteiger partial charge is 0.495 e. The van der Waals surface area contributed by atoms with E-state index in [4.69, 9.17) is 16.3 Å². The molecule has 146 valence electrons. The Hall–Kier alpha value is -2.09. The molecule has 0 aliphatic heterocycles. The first-order valence-corrected chi connectivity index (χ1v) is 10.3. The van der Waals surface area contributed by atoms with Gasteiger partial charge in [0.1, 0.15) is 5.75 Å². The third-order valence-corrected chi connectivity index (χ3v) is 5.98. The van der Waals surface area contributed by atoms with Gasteiger partial charge >= 0.3 is 0 Å². The molecule has 0 fully saturated rings. The predicted octanol–water partition coefficient (Wildman–Crippen LogP) is 3.52. The van der Waals surface area contributed by atoms with Gasteiger partial charge in [-0.2, -0.15) is 4.72 Å². The van der Waals surface area contributed by atoms with Gasteiger partial charge in [0, 0.05) is 5.69 Å². The van der Waals surface area contributed by atoms with Crippen molar-refractivity contribution in [3.8, 4) is 5.75 Å². The molecule has 0 heterocycles. The van der Waals surface area contributed by atoms with Crippen LogP contribution in [0.2, 0.25) is 5.02 Å². The summed E-state index contributed by atoms with van der Waals surface area (Å²) in [6.07, 6.45) is 0.752. The van der Waals surface area contributed by atoms with E-state index in [0.717, 1.165) is 17.5 Å². The average molecular weight is 411 g/mol. The summed E-state index contributed by atoms with van der Waals surface area (Å²) in [7, 11) is -2.48. The number of rotatable bonds is 7. The van der Waals surface area contributed by atoms with Crippen molar-refractivity contribution in [3.05, 3.63) is 52.5 Å². The Balaban J connectivity index is 2.17. The first kappa shape index (κ1) is 21.2. The molecular formula is C19H23ClN2O4S. The molecule has 0 saturated heterocycles. The number of para-hydroxylation sites is 1. The van der Waals surface area contributed by atoms with Gasteiger partial charge in [-0.1, -0.05) is 36.7 Å². The highest BCUT2D eigenvalue weighted by Gasteiger charge is 2.23. The van der Waals surface area contributed by atoms with Crippen LogP contribution in [0.25, 0.3) is 0 Å². The standard InChI is InChI=1S/C19H23ClN2O4S/c1-5-14-8-6-7-12(2)18(14)21-19(23)13(3)22-27(24,25)15-9-10-17(26-4)16(20)11-15/h6-11,13,22H,5H2,1-4H3,(H,21,23)/t13-/m1/s1. The fourth-order valence-electron chi connectivity index (χ4n) is 2.60. The van der Waals surface area contributed by atoms with Crippen molar-refractivity contribution in [3.63, 3.8) is 0 Å². The second-order valence-electron chi connectivity index (χ2n) is 6.09. The molecule has 1 amide bonds. The van der Waals surface area contributed by atoms with Crippen LogP contribution in [0.15, 0.2) is 41.3 Å². The Bertz CT molecular complexity index is 945. The van der Waals surface area contributed by atoms with E-state index in [1.807, 2.05) is 32.0 Å². The second kappa shape index (κ2) is 8.73. The summed E-state index contributed by atoms with van der Waals surface area (Å²) in [6, 6.07) is 8.88. The molecule has 0 saturated carbocycles. The number of halogens is 1. The van der Waals surface area contributed by atoms with Crippen molar-refractivity contribution in [2.45, 2.75) is 38.1 Å². The number of anilines is 1. The van der Waals surface area contributed by atoms with E-state index in [-0.39, 0.29) is 9.92 Å². The van der Waals surface area contributed by atoms with Gasteiger partial charge in [-0.05, 0) is 49.6 Å². The van der Waals surface area contributed by atoms with Gasteiger partial charge in [0.15, 0.2) is 0 Å². The first-order chi connectivity index (χ1) is 12.7. The van der Waals surface area contributed by atoms with E-state index in [0.29, 0.717) is 11.4 Å². The molecule has 0 bridgehead atoms. The van der Waals surface area contributed by atoms with Crippen LogP contribution in [0.4, 0.5) is 5.69 Å². The van der Waals surface area contributed by atoms with Crippen LogP contribution in [0, 0.1) is 6.92 Å². The summed E-state index contributed by atoms with van der Waals surface area (Å²) in [5.74, 6) is -0.0739. The molecule has 27 heavy (non-hydrogen) atoms. The third-order valence-electron chi connectivity index (χ3n) is 4.15. The first-order valence-electron chi connectivity index (χ1n) is 8.44. The Morgan fingerprint density at radius 3 is 2.56 bits per heavy atom. The number of hydrogen-bond acceptors (Lipinski definition) is 4. The molecule has 2 rings (SSSR count). The summed E-state index contributed by atoms with van der Waals surface area (Å²) in [5.41, 5.74) is 2.61. The van der Waals surface area contributed by atoms with Gasteiger partial charge in [0.05, 0.1) is 23.1 Å². The highest BCUT2D eigenvalue weighted by atomic mass is 35.5. The van der Waals surface area contributed by atoms with Crippen LogP contribution in [0.5, 0.6) is 5.75 Å². The Labute approximate surface area is 164 Å². The number of amides is 1. The number of hydrogen-bond donors (Lipinski definition) is 2. The van der Waals surface area contributed by atoms with Gasteiger partial charge in [-0.15, -0.1) is 0 Å². The van der Waals surface area contributed by atoms with Crippen LogP contribution < -0.4 is 14.8 Å². The Morgan fingerprint density at radius 1 is 1.26 bits per heavy atom. The number of sulfonamides is 1. The van der Waals surface area contributed by atoms with Gasteiger partial charge < -0.3 is 10.1 Å². The zero-order valence-corrected chi connectivity index (χ0v) is 17.2. The molecule has 6 nitrogen and oxygen atoms in total. The maximum atomic E-state index is 12.6. The van der Waals surface area contributed by atoms with Gasteiger partial charge in [0.2, 0.25) is 15.9 Å². The molecule has 0 unspecified atom stereocenters. The maximum absolute atomic E-state index is 12.6. The zero-order valence-electron chi connectivity index (χ0n) is 15.7. The molecule has 0 radical (unpaired) electrons. The molecule has 2 aromatic carbocycles. The topological polar surface area (TPSA) is 84.5 Å². The lowest BCUT2D eigenvalue weighted by Crippen LogP contribution is -2.41. The predicted molar refractivity (Wildman–Crippen MR) is 107 cm³/mol. The highest BCUT2D eigenvalue weighted by molar-refractivity contribution is 7.89. The smallest absolute Gasteiger partial charge is 0.242 e. The van der Waals surface area contributed by atoms with Crippen molar-refractivity contribution >= 4 is 33.2 Å². The molecule has 0 aliphatic rings. The lowest BCUT2D eigenvalue weighted by molar-refractivity contribution is -0.117. The van der Waals surface area contributed by atoms with E-state index >= 15 is 0 Å². The van der Waals surface area contributed by atoms with E-state index in [2.05, 4.69) is 10.0 Å². The molecule has 2 aromatic rings. The minimum Gasteiger partial charge on any atom is -0.495 e. The molecule has 0 aromatic heterocycles. The lowest BCUT2D eigenvalue weighted by atomic mass is 10.1. The van der Waals surface area contributed by atoms with E-state index in [1.54, 1.807) is 0 Å². The normalized spacial score (nSPS) is 12.5. The summed E-state index contributed by atoms with van der Waals surface area (Å²) >= 11 is 6.00. The van der Waals surface area contributed by atoms with E-state index in [9.17, 15) is 13.2 Å². The highest BCUT2D eigenvalue weighted by Crippen LogP contribution is 2.27. The van der Waals surface area contributed by atoms with Gasteiger partial charge in [0.25, 0.3) is 0 Å².